The zero-order chi connectivity index (χ0) is 9.84. The van der Waals surface area contributed by atoms with Crippen LogP contribution in [0.15, 0.2) is 18.2 Å². The molecule has 0 saturated carbocycles. The number of rotatable bonds is 3. The van der Waals surface area contributed by atoms with E-state index in [0.29, 0.717) is 0 Å². The van der Waals surface area contributed by atoms with Crippen LogP contribution in [0.1, 0.15) is 24.1 Å². The van der Waals surface area contributed by atoms with Gasteiger partial charge in [0.15, 0.2) is 0 Å². The lowest BCUT2D eigenvalue weighted by atomic mass is 10.1. The molecule has 1 atom stereocenters. The van der Waals surface area contributed by atoms with Crippen molar-refractivity contribution in [2.24, 2.45) is 5.84 Å². The Morgan fingerprint density at radius 1 is 1.46 bits per heavy atom. The van der Waals surface area contributed by atoms with Gasteiger partial charge in [0.1, 0.15) is 5.75 Å². The van der Waals surface area contributed by atoms with Crippen LogP contribution in [0.5, 0.6) is 5.75 Å². The summed E-state index contributed by atoms with van der Waals surface area (Å²) in [7, 11) is 1.67. The predicted molar refractivity (Wildman–Crippen MR) is 53.5 cm³/mol. The molecule has 3 nitrogen and oxygen atoms in total. The summed E-state index contributed by atoms with van der Waals surface area (Å²) in [5, 5.41) is 0. The molecule has 13 heavy (non-hydrogen) atoms. The summed E-state index contributed by atoms with van der Waals surface area (Å²) in [4.78, 5) is 0. The number of hydrazine groups is 1. The van der Waals surface area contributed by atoms with Crippen LogP contribution in [-0.2, 0) is 0 Å². The molecule has 3 N–H and O–H groups in total. The Morgan fingerprint density at radius 2 is 2.15 bits per heavy atom. The molecular formula is C10H16N2O. The maximum Gasteiger partial charge on any atom is 0.121 e. The second kappa shape index (κ2) is 4.25. The molecule has 0 aliphatic rings. The number of nitrogens with two attached hydrogens (primary N) is 1. The van der Waals surface area contributed by atoms with Gasteiger partial charge in [-0.2, -0.15) is 0 Å². The van der Waals surface area contributed by atoms with Gasteiger partial charge in [-0.3, -0.25) is 11.3 Å². The average molecular weight is 180 g/mol. The van der Waals surface area contributed by atoms with Crippen molar-refractivity contribution in [1.29, 1.82) is 0 Å². The van der Waals surface area contributed by atoms with Crippen molar-refractivity contribution >= 4 is 0 Å². The van der Waals surface area contributed by atoms with Gasteiger partial charge in [0.25, 0.3) is 0 Å². The summed E-state index contributed by atoms with van der Waals surface area (Å²) in [6, 6.07) is 6.21. The quantitative estimate of drug-likeness (QED) is 0.547. The molecule has 1 aromatic carbocycles. The van der Waals surface area contributed by atoms with E-state index in [4.69, 9.17) is 10.6 Å². The third kappa shape index (κ3) is 2.20. The Kier molecular flexibility index (Phi) is 3.28. The molecule has 0 aliphatic carbocycles. The highest BCUT2D eigenvalue weighted by Crippen LogP contribution is 2.21. The molecule has 1 rings (SSSR count). The molecule has 72 valence electrons. The first kappa shape index (κ1) is 10.0. The first-order valence-electron chi connectivity index (χ1n) is 4.29. The number of methoxy groups -OCH3 is 1. The Balaban J connectivity index is 2.95. The Hall–Kier alpha value is -1.06. The van der Waals surface area contributed by atoms with Crippen molar-refractivity contribution in [1.82, 2.24) is 5.43 Å². The van der Waals surface area contributed by atoms with Crippen LogP contribution in [0.25, 0.3) is 0 Å². The van der Waals surface area contributed by atoms with Gasteiger partial charge in [-0.25, -0.2) is 0 Å². The summed E-state index contributed by atoms with van der Waals surface area (Å²) < 4.78 is 5.16. The zero-order valence-corrected chi connectivity index (χ0v) is 8.29. The lowest BCUT2D eigenvalue weighted by molar-refractivity contribution is 0.411. The molecule has 0 aromatic heterocycles. The van der Waals surface area contributed by atoms with Crippen molar-refractivity contribution in [3.8, 4) is 5.75 Å². The molecule has 0 amide bonds. The Morgan fingerprint density at radius 3 is 2.62 bits per heavy atom. The molecule has 0 spiro atoms. The summed E-state index contributed by atoms with van der Waals surface area (Å²) >= 11 is 0. The highest BCUT2D eigenvalue weighted by atomic mass is 16.5. The van der Waals surface area contributed by atoms with Crippen LogP contribution in [0.3, 0.4) is 0 Å². The lowest BCUT2D eigenvalue weighted by Gasteiger charge is -2.12. The van der Waals surface area contributed by atoms with E-state index in [1.807, 2.05) is 26.0 Å². The molecule has 0 fully saturated rings. The SMILES string of the molecule is COc1ccc(C(C)NN)cc1C. The fraction of sp³-hybridized carbons (Fsp3) is 0.400. The van der Waals surface area contributed by atoms with Crippen LogP contribution in [-0.4, -0.2) is 7.11 Å². The highest BCUT2D eigenvalue weighted by Gasteiger charge is 2.04. The monoisotopic (exact) mass is 180 g/mol. The topological polar surface area (TPSA) is 47.3 Å². The molecule has 1 unspecified atom stereocenters. The van der Waals surface area contributed by atoms with Crippen molar-refractivity contribution in [3.05, 3.63) is 29.3 Å². The minimum Gasteiger partial charge on any atom is -0.496 e. The molecule has 1 aromatic rings. The van der Waals surface area contributed by atoms with Gasteiger partial charge in [0, 0.05) is 6.04 Å². The molecule has 0 radical (unpaired) electrons. The second-order valence-corrected chi connectivity index (χ2v) is 3.12. The van der Waals surface area contributed by atoms with E-state index < -0.39 is 0 Å². The number of hydrogen-bond donors (Lipinski definition) is 2. The van der Waals surface area contributed by atoms with Gasteiger partial charge in [-0.05, 0) is 31.0 Å². The van der Waals surface area contributed by atoms with Crippen molar-refractivity contribution in [3.63, 3.8) is 0 Å². The Labute approximate surface area is 78.9 Å². The fourth-order valence-corrected chi connectivity index (χ4v) is 1.27. The molecular weight excluding hydrogens is 164 g/mol. The predicted octanol–water partition coefficient (Wildman–Crippen LogP) is 1.53. The standard InChI is InChI=1S/C10H16N2O/c1-7-6-9(8(2)12-11)4-5-10(7)13-3/h4-6,8,12H,11H2,1-3H3. The lowest BCUT2D eigenvalue weighted by Crippen LogP contribution is -2.25. The smallest absolute Gasteiger partial charge is 0.121 e. The summed E-state index contributed by atoms with van der Waals surface area (Å²) in [5.74, 6) is 6.25. The second-order valence-electron chi connectivity index (χ2n) is 3.12. The highest BCUT2D eigenvalue weighted by molar-refractivity contribution is 5.37. The van der Waals surface area contributed by atoms with Crippen molar-refractivity contribution in [2.45, 2.75) is 19.9 Å². The third-order valence-corrected chi connectivity index (χ3v) is 2.17. The number of ether oxygens (including phenoxy) is 1. The fourth-order valence-electron chi connectivity index (χ4n) is 1.27. The van der Waals surface area contributed by atoms with Crippen LogP contribution >= 0.6 is 0 Å². The average Bonchev–Trinajstić information content (AvgIpc) is 2.16. The normalized spacial score (nSPS) is 12.6. The van der Waals surface area contributed by atoms with Crippen molar-refractivity contribution in [2.75, 3.05) is 7.11 Å². The van der Waals surface area contributed by atoms with Crippen molar-refractivity contribution < 1.29 is 4.74 Å². The minimum absolute atomic E-state index is 0.171. The number of nitrogens with one attached hydrogen (secondary N) is 1. The maximum absolute atomic E-state index is 5.34. The van der Waals surface area contributed by atoms with E-state index >= 15 is 0 Å². The van der Waals surface area contributed by atoms with Gasteiger partial charge in [0.2, 0.25) is 0 Å². The van der Waals surface area contributed by atoms with Gasteiger partial charge >= 0.3 is 0 Å². The summed E-state index contributed by atoms with van der Waals surface area (Å²) in [5.41, 5.74) is 5.00. The van der Waals surface area contributed by atoms with Gasteiger partial charge in [-0.1, -0.05) is 12.1 Å². The first-order chi connectivity index (χ1) is 6.19. The van der Waals surface area contributed by atoms with E-state index in [-0.39, 0.29) is 6.04 Å². The van der Waals surface area contributed by atoms with E-state index in [9.17, 15) is 0 Å². The minimum atomic E-state index is 0.171. The Bertz CT molecular complexity index is 286. The van der Waals surface area contributed by atoms with E-state index in [1.54, 1.807) is 7.11 Å². The first-order valence-corrected chi connectivity index (χ1v) is 4.29. The largest absolute Gasteiger partial charge is 0.496 e. The summed E-state index contributed by atoms with van der Waals surface area (Å²) in [6.07, 6.45) is 0. The number of benzene rings is 1. The van der Waals surface area contributed by atoms with Crippen LogP contribution in [0.2, 0.25) is 0 Å². The summed E-state index contributed by atoms with van der Waals surface area (Å²) in [6.45, 7) is 4.03. The molecule has 0 saturated heterocycles. The van der Waals surface area contributed by atoms with Crippen LogP contribution in [0.4, 0.5) is 0 Å². The van der Waals surface area contributed by atoms with Crippen LogP contribution < -0.4 is 16.0 Å². The number of hydrogen-bond acceptors (Lipinski definition) is 3. The van der Waals surface area contributed by atoms with Gasteiger partial charge < -0.3 is 4.74 Å². The number of aryl methyl sites for hydroxylation is 1. The molecule has 0 heterocycles. The molecule has 3 heteroatoms. The molecule has 0 bridgehead atoms. The van der Waals surface area contributed by atoms with Gasteiger partial charge in [0.05, 0.1) is 7.11 Å². The third-order valence-electron chi connectivity index (χ3n) is 2.17. The zero-order valence-electron chi connectivity index (χ0n) is 8.29. The van der Waals surface area contributed by atoms with Gasteiger partial charge in [-0.15, -0.1) is 0 Å². The van der Waals surface area contributed by atoms with E-state index in [0.717, 1.165) is 11.3 Å². The maximum atomic E-state index is 5.34. The van der Waals surface area contributed by atoms with E-state index in [2.05, 4.69) is 11.5 Å². The molecule has 0 aliphatic heterocycles. The van der Waals surface area contributed by atoms with Crippen LogP contribution in [0, 0.1) is 6.92 Å². The van der Waals surface area contributed by atoms with E-state index in [1.165, 1.54) is 5.56 Å².